The molecule has 0 heterocycles. The van der Waals surface area contributed by atoms with Gasteiger partial charge in [-0.05, 0) is 20.1 Å². The molecule has 0 aromatic heterocycles. The number of carbonyl (C=O) groups excluding carboxylic acids is 2. The molecule has 0 rings (SSSR count). The fourth-order valence-electron chi connectivity index (χ4n) is 0.818. The van der Waals surface area contributed by atoms with Crippen LogP contribution in [0.3, 0.4) is 0 Å². The SMILES string of the molecule is CSC(=NC(=O)NC(C)C)NC(=O)NC(Cl)C(Cl)Cl. The number of urea groups is 2. The van der Waals surface area contributed by atoms with Gasteiger partial charge in [0.1, 0.15) is 10.3 Å². The zero-order chi connectivity index (χ0) is 15.0. The van der Waals surface area contributed by atoms with E-state index in [0.29, 0.717) is 0 Å². The minimum atomic E-state index is -0.952. The highest BCUT2D eigenvalue weighted by Gasteiger charge is 2.17. The Balaban J connectivity index is 4.43. The topological polar surface area (TPSA) is 82.6 Å². The molecule has 10 heteroatoms. The normalized spacial score (nSPS) is 13.4. The lowest BCUT2D eigenvalue weighted by molar-refractivity contribution is 0.244. The molecule has 0 fully saturated rings. The summed E-state index contributed by atoms with van der Waals surface area (Å²) in [5, 5.41) is 7.33. The van der Waals surface area contributed by atoms with Crippen molar-refractivity contribution >= 4 is 63.8 Å². The maximum atomic E-state index is 11.5. The number of amides is 4. The van der Waals surface area contributed by atoms with E-state index < -0.39 is 22.4 Å². The lowest BCUT2D eigenvalue weighted by atomic mass is 10.4. The van der Waals surface area contributed by atoms with E-state index in [4.69, 9.17) is 34.8 Å². The van der Waals surface area contributed by atoms with Gasteiger partial charge in [0.15, 0.2) is 5.17 Å². The van der Waals surface area contributed by atoms with Crippen LogP contribution in [0.15, 0.2) is 4.99 Å². The van der Waals surface area contributed by atoms with E-state index in [2.05, 4.69) is 20.9 Å². The van der Waals surface area contributed by atoms with Gasteiger partial charge in [0.25, 0.3) is 0 Å². The van der Waals surface area contributed by atoms with Crippen molar-refractivity contribution in [3.63, 3.8) is 0 Å². The minimum Gasteiger partial charge on any atom is -0.334 e. The van der Waals surface area contributed by atoms with Gasteiger partial charge in [-0.2, -0.15) is 4.99 Å². The van der Waals surface area contributed by atoms with Crippen molar-refractivity contribution in [3.05, 3.63) is 0 Å². The summed E-state index contributed by atoms with van der Waals surface area (Å²) < 4.78 is 0. The fourth-order valence-corrected chi connectivity index (χ4v) is 1.41. The second-order valence-electron chi connectivity index (χ2n) is 3.56. The van der Waals surface area contributed by atoms with Crippen LogP contribution in [0.4, 0.5) is 9.59 Å². The number of alkyl halides is 3. The average molecular weight is 350 g/mol. The Bertz CT molecular complexity index is 352. The number of rotatable bonds is 3. The highest BCUT2D eigenvalue weighted by Crippen LogP contribution is 2.11. The molecule has 0 spiro atoms. The number of hydrogen-bond donors (Lipinski definition) is 3. The van der Waals surface area contributed by atoms with E-state index >= 15 is 0 Å². The first-order valence-electron chi connectivity index (χ1n) is 5.19. The molecular formula is C9H15Cl3N4O2S. The number of nitrogens with zero attached hydrogens (tertiary/aromatic N) is 1. The second kappa shape index (κ2) is 9.52. The first-order chi connectivity index (χ1) is 8.76. The van der Waals surface area contributed by atoms with Gasteiger partial charge in [0.2, 0.25) is 0 Å². The first-order valence-corrected chi connectivity index (χ1v) is 7.72. The summed E-state index contributed by atoms with van der Waals surface area (Å²) in [4.78, 5) is 25.6. The number of thioether (sulfide) groups is 1. The van der Waals surface area contributed by atoms with Crippen LogP contribution in [0.25, 0.3) is 0 Å². The maximum absolute atomic E-state index is 11.5. The molecule has 0 aliphatic carbocycles. The van der Waals surface area contributed by atoms with Crippen molar-refractivity contribution in [2.45, 2.75) is 30.2 Å². The molecular weight excluding hydrogens is 335 g/mol. The van der Waals surface area contributed by atoms with E-state index in [-0.39, 0.29) is 11.2 Å². The third-order valence-electron chi connectivity index (χ3n) is 1.52. The quantitative estimate of drug-likeness (QED) is 0.317. The zero-order valence-electron chi connectivity index (χ0n) is 10.5. The van der Waals surface area contributed by atoms with Crippen molar-refractivity contribution in [2.24, 2.45) is 4.99 Å². The van der Waals surface area contributed by atoms with E-state index in [0.717, 1.165) is 11.8 Å². The maximum Gasteiger partial charge on any atom is 0.343 e. The Kier molecular flexibility index (Phi) is 9.34. The van der Waals surface area contributed by atoms with Crippen LogP contribution >= 0.6 is 46.6 Å². The number of halogens is 3. The van der Waals surface area contributed by atoms with Gasteiger partial charge in [-0.1, -0.05) is 23.4 Å². The minimum absolute atomic E-state index is 0.0475. The fraction of sp³-hybridized carbons (Fsp3) is 0.667. The van der Waals surface area contributed by atoms with Crippen molar-refractivity contribution in [2.75, 3.05) is 6.26 Å². The van der Waals surface area contributed by atoms with Crippen LogP contribution in [-0.4, -0.2) is 39.9 Å². The summed E-state index contributed by atoms with van der Waals surface area (Å²) >= 11 is 17.7. The van der Waals surface area contributed by atoms with Gasteiger partial charge in [-0.15, -0.1) is 23.2 Å². The van der Waals surface area contributed by atoms with Crippen LogP contribution in [0.5, 0.6) is 0 Å². The molecule has 110 valence electrons. The van der Waals surface area contributed by atoms with Crippen LogP contribution < -0.4 is 16.0 Å². The monoisotopic (exact) mass is 348 g/mol. The number of carbonyl (C=O) groups is 2. The van der Waals surface area contributed by atoms with Crippen LogP contribution in [0.2, 0.25) is 0 Å². The molecule has 0 saturated carbocycles. The van der Waals surface area contributed by atoms with E-state index in [1.165, 1.54) is 0 Å². The van der Waals surface area contributed by atoms with Crippen LogP contribution in [0, 0.1) is 0 Å². The number of nitrogens with one attached hydrogen (secondary N) is 3. The Morgan fingerprint density at radius 1 is 1.16 bits per heavy atom. The molecule has 6 nitrogen and oxygen atoms in total. The third-order valence-corrected chi connectivity index (χ3v) is 3.22. The summed E-state index contributed by atoms with van der Waals surface area (Å²) in [5.41, 5.74) is -0.948. The molecule has 19 heavy (non-hydrogen) atoms. The zero-order valence-corrected chi connectivity index (χ0v) is 13.6. The summed E-state index contributed by atoms with van der Waals surface area (Å²) in [5.74, 6) is 0. The van der Waals surface area contributed by atoms with Gasteiger partial charge >= 0.3 is 12.1 Å². The molecule has 1 unspecified atom stereocenters. The van der Waals surface area contributed by atoms with E-state index in [1.807, 2.05) is 0 Å². The molecule has 1 atom stereocenters. The van der Waals surface area contributed by atoms with Crippen molar-refractivity contribution in [3.8, 4) is 0 Å². The number of hydrogen-bond acceptors (Lipinski definition) is 3. The second-order valence-corrected chi connectivity index (χ2v) is 5.99. The Labute approximate surface area is 131 Å². The predicted octanol–water partition coefficient (Wildman–Crippen LogP) is 2.49. The largest absolute Gasteiger partial charge is 0.343 e. The van der Waals surface area contributed by atoms with E-state index in [9.17, 15) is 9.59 Å². The smallest absolute Gasteiger partial charge is 0.334 e. The molecule has 0 aromatic rings. The van der Waals surface area contributed by atoms with Crippen molar-refractivity contribution in [1.82, 2.24) is 16.0 Å². The van der Waals surface area contributed by atoms with Gasteiger partial charge in [-0.25, -0.2) is 9.59 Å². The number of amidine groups is 1. The van der Waals surface area contributed by atoms with Gasteiger partial charge in [0.05, 0.1) is 0 Å². The van der Waals surface area contributed by atoms with Gasteiger partial charge < -0.3 is 10.6 Å². The lowest BCUT2D eigenvalue weighted by Gasteiger charge is -2.13. The van der Waals surface area contributed by atoms with Crippen molar-refractivity contribution < 1.29 is 9.59 Å². The Morgan fingerprint density at radius 2 is 1.74 bits per heavy atom. The van der Waals surface area contributed by atoms with Gasteiger partial charge in [-0.3, -0.25) is 5.32 Å². The van der Waals surface area contributed by atoms with Gasteiger partial charge in [0, 0.05) is 6.04 Å². The highest BCUT2D eigenvalue weighted by atomic mass is 35.5. The Morgan fingerprint density at radius 3 is 2.16 bits per heavy atom. The molecule has 0 aliphatic heterocycles. The molecule has 0 aliphatic rings. The van der Waals surface area contributed by atoms with Crippen LogP contribution in [-0.2, 0) is 0 Å². The van der Waals surface area contributed by atoms with Crippen LogP contribution in [0.1, 0.15) is 13.8 Å². The standard InChI is InChI=1S/C9H15Cl3N4O2S/c1-4(2)13-7(17)15-9(19-3)16-8(18)14-6(12)5(10)11/h4-6H,1-3H3,(H3,13,14,15,16,17,18). The molecule has 0 aromatic carbocycles. The summed E-state index contributed by atoms with van der Waals surface area (Å²) in [6, 6.07) is -1.25. The molecule has 0 radical (unpaired) electrons. The molecule has 0 bridgehead atoms. The highest BCUT2D eigenvalue weighted by molar-refractivity contribution is 8.13. The Hall–Kier alpha value is -0.370. The molecule has 3 N–H and O–H groups in total. The average Bonchev–Trinajstić information content (AvgIpc) is 2.26. The summed E-state index contributed by atoms with van der Waals surface area (Å²) in [6.45, 7) is 3.59. The molecule has 4 amide bonds. The van der Waals surface area contributed by atoms with E-state index in [1.54, 1.807) is 20.1 Å². The van der Waals surface area contributed by atoms with Crippen molar-refractivity contribution in [1.29, 1.82) is 0 Å². The molecule has 0 saturated heterocycles. The predicted molar refractivity (Wildman–Crippen MR) is 81.4 cm³/mol. The summed E-state index contributed by atoms with van der Waals surface area (Å²) in [6.07, 6.45) is 1.66. The summed E-state index contributed by atoms with van der Waals surface area (Å²) in [7, 11) is 0. The third kappa shape index (κ3) is 9.21. The lowest BCUT2D eigenvalue weighted by Crippen LogP contribution is -2.44. The number of aliphatic imine (C=N–C) groups is 1. The first kappa shape index (κ1) is 18.6.